The molecule has 1 aromatic carbocycles. The van der Waals surface area contributed by atoms with E-state index in [9.17, 15) is 0 Å². The number of rotatable bonds is 5. The molecule has 1 heterocycles. The molecule has 1 atom stereocenters. The van der Waals surface area contributed by atoms with Crippen molar-refractivity contribution >= 4 is 22.6 Å². The van der Waals surface area contributed by atoms with Crippen molar-refractivity contribution in [3.63, 3.8) is 0 Å². The average Bonchev–Trinajstić information content (AvgIpc) is 2.91. The van der Waals surface area contributed by atoms with E-state index in [0.717, 1.165) is 24.6 Å². The lowest BCUT2D eigenvalue weighted by atomic mass is 9.97. The van der Waals surface area contributed by atoms with Gasteiger partial charge in [-0.1, -0.05) is 24.3 Å². The van der Waals surface area contributed by atoms with Crippen molar-refractivity contribution in [1.82, 2.24) is 5.32 Å². The van der Waals surface area contributed by atoms with Crippen molar-refractivity contribution in [1.29, 1.82) is 0 Å². The lowest BCUT2D eigenvalue weighted by Crippen LogP contribution is -2.18. The summed E-state index contributed by atoms with van der Waals surface area (Å²) in [7, 11) is 0. The zero-order valence-electron chi connectivity index (χ0n) is 11.3. The van der Waals surface area contributed by atoms with Gasteiger partial charge in [-0.25, -0.2) is 0 Å². The highest BCUT2D eigenvalue weighted by Gasteiger charge is 2.16. The van der Waals surface area contributed by atoms with E-state index in [-0.39, 0.29) is 0 Å². The van der Waals surface area contributed by atoms with Crippen LogP contribution in [-0.2, 0) is 6.54 Å². The van der Waals surface area contributed by atoms with Gasteiger partial charge in [0.05, 0.1) is 0 Å². The fraction of sp³-hybridized carbons (Fsp3) is 0.375. The smallest absolute Gasteiger partial charge is 0.231 e. The normalized spacial score (nSPS) is 19.6. The number of hydrogen-bond donors (Lipinski definition) is 1. The Bertz CT molecular complexity index is 540. The summed E-state index contributed by atoms with van der Waals surface area (Å²) in [5.41, 5.74) is 1.27. The van der Waals surface area contributed by atoms with Crippen molar-refractivity contribution in [2.45, 2.75) is 19.4 Å². The summed E-state index contributed by atoms with van der Waals surface area (Å²) < 4.78 is 12.0. The van der Waals surface area contributed by atoms with Crippen LogP contribution in [-0.4, -0.2) is 13.3 Å². The molecule has 0 saturated carbocycles. The van der Waals surface area contributed by atoms with Crippen molar-refractivity contribution < 1.29 is 9.47 Å². The molecule has 1 N–H and O–H groups in total. The fourth-order valence-corrected chi connectivity index (χ4v) is 3.08. The molecule has 2 aliphatic rings. The van der Waals surface area contributed by atoms with Crippen molar-refractivity contribution in [3.05, 3.63) is 45.6 Å². The van der Waals surface area contributed by atoms with E-state index in [1.165, 1.54) is 22.0 Å². The van der Waals surface area contributed by atoms with Gasteiger partial charge in [0, 0.05) is 10.1 Å². The molecule has 3 rings (SSSR count). The molecule has 1 unspecified atom stereocenters. The van der Waals surface area contributed by atoms with E-state index in [2.05, 4.69) is 64.3 Å². The lowest BCUT2D eigenvalue weighted by Gasteiger charge is -2.13. The quantitative estimate of drug-likeness (QED) is 0.622. The summed E-state index contributed by atoms with van der Waals surface area (Å²) in [6.07, 6.45) is 11.2. The number of nitrogens with one attached hydrogen (secondary N) is 1. The monoisotopic (exact) mass is 383 g/mol. The second-order valence-electron chi connectivity index (χ2n) is 5.07. The van der Waals surface area contributed by atoms with Gasteiger partial charge in [0.15, 0.2) is 11.5 Å². The van der Waals surface area contributed by atoms with Gasteiger partial charge in [0.2, 0.25) is 6.79 Å². The molecule has 4 heteroatoms. The predicted molar refractivity (Wildman–Crippen MR) is 88.0 cm³/mol. The van der Waals surface area contributed by atoms with Gasteiger partial charge in [-0.3, -0.25) is 0 Å². The third-order valence-electron chi connectivity index (χ3n) is 3.62. The van der Waals surface area contributed by atoms with Gasteiger partial charge in [0.25, 0.3) is 0 Å². The van der Waals surface area contributed by atoms with Gasteiger partial charge < -0.3 is 14.8 Å². The molecule has 1 aliphatic carbocycles. The zero-order valence-corrected chi connectivity index (χ0v) is 13.4. The van der Waals surface area contributed by atoms with Gasteiger partial charge in [-0.2, -0.15) is 0 Å². The summed E-state index contributed by atoms with van der Waals surface area (Å²) in [4.78, 5) is 0. The number of ether oxygens (including phenoxy) is 2. The molecule has 0 aromatic heterocycles. The van der Waals surface area contributed by atoms with Crippen LogP contribution in [0.2, 0.25) is 0 Å². The SMILES string of the molecule is Ic1cc2c(cc1CNCCC1C=CC=CC1)OCO2. The molecule has 20 heavy (non-hydrogen) atoms. The third kappa shape index (κ3) is 3.35. The first-order chi connectivity index (χ1) is 9.83. The first kappa shape index (κ1) is 13.9. The standard InChI is InChI=1S/C16H18INO2/c17-14-9-16-15(19-11-20-16)8-13(14)10-18-7-6-12-4-2-1-3-5-12/h1-4,8-9,12,18H,5-7,10-11H2. The molecule has 0 fully saturated rings. The molecule has 0 bridgehead atoms. The average molecular weight is 383 g/mol. The second-order valence-corrected chi connectivity index (χ2v) is 6.23. The number of benzene rings is 1. The summed E-state index contributed by atoms with van der Waals surface area (Å²) in [5.74, 6) is 2.41. The Kier molecular flexibility index (Phi) is 4.62. The number of allylic oxidation sites excluding steroid dienone is 4. The minimum absolute atomic E-state index is 0.337. The van der Waals surface area contributed by atoms with E-state index in [0.29, 0.717) is 12.7 Å². The van der Waals surface area contributed by atoms with E-state index in [1.807, 2.05) is 0 Å². The molecule has 1 aliphatic heterocycles. The minimum atomic E-state index is 0.337. The van der Waals surface area contributed by atoms with Gasteiger partial charge in [-0.15, -0.1) is 0 Å². The largest absolute Gasteiger partial charge is 0.454 e. The number of halogens is 1. The maximum absolute atomic E-state index is 5.43. The van der Waals surface area contributed by atoms with Crippen LogP contribution in [0, 0.1) is 9.49 Å². The highest BCUT2D eigenvalue weighted by Crippen LogP contribution is 2.35. The van der Waals surface area contributed by atoms with Gasteiger partial charge in [0.1, 0.15) is 0 Å². The highest BCUT2D eigenvalue weighted by atomic mass is 127. The molecule has 0 spiro atoms. The Morgan fingerprint density at radius 1 is 1.20 bits per heavy atom. The summed E-state index contributed by atoms with van der Waals surface area (Å²) in [6.45, 7) is 2.25. The zero-order chi connectivity index (χ0) is 13.8. The summed E-state index contributed by atoms with van der Waals surface area (Å²) in [6, 6.07) is 4.13. The molecule has 0 radical (unpaired) electrons. The van der Waals surface area contributed by atoms with E-state index >= 15 is 0 Å². The maximum atomic E-state index is 5.43. The Morgan fingerprint density at radius 2 is 2.05 bits per heavy atom. The summed E-state index contributed by atoms with van der Waals surface area (Å²) >= 11 is 2.35. The first-order valence-corrected chi connectivity index (χ1v) is 8.03. The van der Waals surface area contributed by atoms with Crippen molar-refractivity contribution in [3.8, 4) is 11.5 Å². The lowest BCUT2D eigenvalue weighted by molar-refractivity contribution is 0.174. The summed E-state index contributed by atoms with van der Waals surface area (Å²) in [5, 5.41) is 3.52. The molecule has 0 amide bonds. The molecule has 1 aromatic rings. The Morgan fingerprint density at radius 3 is 2.85 bits per heavy atom. The molecule has 106 valence electrons. The highest BCUT2D eigenvalue weighted by molar-refractivity contribution is 14.1. The predicted octanol–water partition coefficient (Wildman–Crippen LogP) is 3.63. The van der Waals surface area contributed by atoms with Crippen molar-refractivity contribution in [2.24, 2.45) is 5.92 Å². The van der Waals surface area contributed by atoms with Crippen LogP contribution in [0.25, 0.3) is 0 Å². The molecule has 3 nitrogen and oxygen atoms in total. The van der Waals surface area contributed by atoms with Crippen LogP contribution in [0.3, 0.4) is 0 Å². The molecular weight excluding hydrogens is 365 g/mol. The van der Waals surface area contributed by atoms with Gasteiger partial charge in [-0.05, 0) is 65.6 Å². The van der Waals surface area contributed by atoms with Gasteiger partial charge >= 0.3 is 0 Å². The van der Waals surface area contributed by atoms with E-state index < -0.39 is 0 Å². The Balaban J connectivity index is 1.49. The van der Waals surface area contributed by atoms with E-state index in [1.54, 1.807) is 0 Å². The van der Waals surface area contributed by atoms with Crippen LogP contribution in [0.5, 0.6) is 11.5 Å². The van der Waals surface area contributed by atoms with E-state index in [4.69, 9.17) is 9.47 Å². The number of hydrogen-bond acceptors (Lipinski definition) is 3. The fourth-order valence-electron chi connectivity index (χ4n) is 2.45. The van der Waals surface area contributed by atoms with Crippen LogP contribution in [0.4, 0.5) is 0 Å². The first-order valence-electron chi connectivity index (χ1n) is 6.95. The topological polar surface area (TPSA) is 30.5 Å². The van der Waals surface area contributed by atoms with Crippen LogP contribution in [0.15, 0.2) is 36.4 Å². The molecular formula is C16H18INO2. The minimum Gasteiger partial charge on any atom is -0.454 e. The van der Waals surface area contributed by atoms with Crippen molar-refractivity contribution in [2.75, 3.05) is 13.3 Å². The van der Waals surface area contributed by atoms with Crippen LogP contribution < -0.4 is 14.8 Å². The van der Waals surface area contributed by atoms with Crippen LogP contribution >= 0.6 is 22.6 Å². The third-order valence-corrected chi connectivity index (χ3v) is 4.62. The van der Waals surface area contributed by atoms with Crippen LogP contribution in [0.1, 0.15) is 18.4 Å². The molecule has 0 saturated heterocycles. The Labute approximate surface area is 133 Å². The maximum Gasteiger partial charge on any atom is 0.231 e. The number of fused-ring (bicyclic) bond motifs is 1. The Hall–Kier alpha value is -1.01. The second kappa shape index (κ2) is 6.63.